The van der Waals surface area contributed by atoms with E-state index in [0.29, 0.717) is 12.5 Å². The Morgan fingerprint density at radius 3 is 2.38 bits per heavy atom. The maximum Gasteiger partial charge on any atom is 0.0967 e. The van der Waals surface area contributed by atoms with Gasteiger partial charge in [-0.15, -0.1) is 0 Å². The number of hydrogen-bond acceptors (Lipinski definition) is 2. The van der Waals surface area contributed by atoms with E-state index in [1.165, 1.54) is 0 Å². The van der Waals surface area contributed by atoms with Gasteiger partial charge in [0.05, 0.1) is 6.54 Å². The van der Waals surface area contributed by atoms with Gasteiger partial charge in [-0.25, -0.2) is 0 Å². The first-order valence-electron chi connectivity index (χ1n) is 2.95. The van der Waals surface area contributed by atoms with Crippen molar-refractivity contribution in [1.82, 2.24) is 0 Å². The highest BCUT2D eigenvalue weighted by molar-refractivity contribution is 4.42. The van der Waals surface area contributed by atoms with E-state index in [9.17, 15) is 5.21 Å². The van der Waals surface area contributed by atoms with Crippen LogP contribution in [0.1, 0.15) is 20.3 Å². The molecule has 0 spiro atoms. The summed E-state index contributed by atoms with van der Waals surface area (Å²) < 4.78 is 0. The number of hydrogen-bond donors (Lipinski definition) is 2. The zero-order valence-electron chi connectivity index (χ0n) is 5.48. The molecule has 50 valence electrons. The molecule has 8 heavy (non-hydrogen) atoms. The Bertz CT molecular complexity index is 56.4. The van der Waals surface area contributed by atoms with Crippen LogP contribution in [0.15, 0.2) is 0 Å². The highest BCUT2D eigenvalue weighted by Crippen LogP contribution is 1.93. The van der Waals surface area contributed by atoms with E-state index in [2.05, 4.69) is 0 Å². The third kappa shape index (κ3) is 4.05. The van der Waals surface area contributed by atoms with Crippen molar-refractivity contribution in [1.29, 1.82) is 0 Å². The summed E-state index contributed by atoms with van der Waals surface area (Å²) in [5, 5.41) is 10.00. The molecule has 0 saturated heterocycles. The van der Waals surface area contributed by atoms with Gasteiger partial charge < -0.3 is 5.21 Å². The van der Waals surface area contributed by atoms with Crippen LogP contribution in [-0.4, -0.2) is 6.54 Å². The molecule has 0 bridgehead atoms. The van der Waals surface area contributed by atoms with Gasteiger partial charge >= 0.3 is 0 Å². The van der Waals surface area contributed by atoms with Crippen molar-refractivity contribution >= 4 is 0 Å². The lowest BCUT2D eigenvalue weighted by Crippen LogP contribution is -3.13. The molecule has 0 aromatic heterocycles. The van der Waals surface area contributed by atoms with Crippen molar-refractivity contribution in [2.75, 3.05) is 6.54 Å². The van der Waals surface area contributed by atoms with Crippen LogP contribution in [0.25, 0.3) is 0 Å². The summed E-state index contributed by atoms with van der Waals surface area (Å²) in [5.41, 5.74) is 0. The third-order valence-corrected chi connectivity index (χ3v) is 1.25. The van der Waals surface area contributed by atoms with Crippen molar-refractivity contribution < 1.29 is 5.17 Å². The summed E-state index contributed by atoms with van der Waals surface area (Å²) in [7, 11) is 0. The van der Waals surface area contributed by atoms with Crippen molar-refractivity contribution in [3.63, 3.8) is 0 Å². The van der Waals surface area contributed by atoms with Crippen LogP contribution >= 0.6 is 0 Å². The van der Waals surface area contributed by atoms with Crippen LogP contribution in [0, 0.1) is 11.1 Å². The highest BCUT2D eigenvalue weighted by atomic mass is 16.5. The van der Waals surface area contributed by atoms with E-state index >= 15 is 0 Å². The SMILES string of the molecule is CCC(C)C[NH+](N)[O-]. The van der Waals surface area contributed by atoms with Crippen LogP contribution in [0.5, 0.6) is 0 Å². The van der Waals surface area contributed by atoms with E-state index in [-0.39, 0.29) is 5.17 Å². The van der Waals surface area contributed by atoms with Crippen molar-refractivity contribution in [3.8, 4) is 0 Å². The number of nitrogens with one attached hydrogen (secondary N) is 1. The molecule has 3 nitrogen and oxygen atoms in total. The second-order valence-electron chi connectivity index (χ2n) is 2.18. The molecule has 0 aliphatic heterocycles. The van der Waals surface area contributed by atoms with Crippen LogP contribution in [-0.2, 0) is 0 Å². The third-order valence-electron chi connectivity index (χ3n) is 1.25. The van der Waals surface area contributed by atoms with Gasteiger partial charge in [-0.05, 0) is 6.42 Å². The normalized spacial score (nSPS) is 18.0. The Morgan fingerprint density at radius 2 is 2.25 bits per heavy atom. The summed E-state index contributed by atoms with van der Waals surface area (Å²) in [4.78, 5) is 0. The van der Waals surface area contributed by atoms with Crippen molar-refractivity contribution in [2.45, 2.75) is 20.3 Å². The maximum atomic E-state index is 10.2. The Balaban J connectivity index is 3.10. The van der Waals surface area contributed by atoms with E-state index in [0.717, 1.165) is 6.42 Å². The molecule has 0 heterocycles. The zero-order valence-corrected chi connectivity index (χ0v) is 5.48. The molecule has 2 atom stereocenters. The first-order chi connectivity index (χ1) is 3.66. The molecule has 3 heteroatoms. The van der Waals surface area contributed by atoms with E-state index < -0.39 is 0 Å². The summed E-state index contributed by atoms with van der Waals surface area (Å²) in [6.07, 6.45) is 1.03. The molecular formula is C5H14N2O. The molecule has 0 rings (SSSR count). The largest absolute Gasteiger partial charge is 0.613 e. The van der Waals surface area contributed by atoms with Gasteiger partial charge in [-0.2, -0.15) is 5.84 Å². The predicted molar refractivity (Wildman–Crippen MR) is 32.8 cm³/mol. The minimum absolute atomic E-state index is 0.195. The van der Waals surface area contributed by atoms with Crippen LogP contribution in [0.2, 0.25) is 0 Å². The van der Waals surface area contributed by atoms with Crippen molar-refractivity contribution in [2.24, 2.45) is 11.8 Å². The molecule has 2 unspecified atom stereocenters. The van der Waals surface area contributed by atoms with Crippen LogP contribution < -0.4 is 11.0 Å². The topological polar surface area (TPSA) is 53.5 Å². The van der Waals surface area contributed by atoms with Gasteiger partial charge in [0.2, 0.25) is 0 Å². The van der Waals surface area contributed by atoms with Crippen molar-refractivity contribution in [3.05, 3.63) is 5.21 Å². The van der Waals surface area contributed by atoms with Crippen LogP contribution in [0.4, 0.5) is 0 Å². The maximum absolute atomic E-state index is 10.2. The predicted octanol–water partition coefficient (Wildman–Crippen LogP) is -0.711. The monoisotopic (exact) mass is 118 g/mol. The summed E-state index contributed by atoms with van der Waals surface area (Å²) >= 11 is 0. The smallest absolute Gasteiger partial charge is 0.0967 e. The lowest BCUT2D eigenvalue weighted by molar-refractivity contribution is -0.864. The average molecular weight is 118 g/mol. The molecule has 0 amide bonds. The first kappa shape index (κ1) is 7.88. The molecule has 0 fully saturated rings. The van der Waals surface area contributed by atoms with E-state index in [1.807, 2.05) is 13.8 Å². The van der Waals surface area contributed by atoms with E-state index in [1.54, 1.807) is 0 Å². The fraction of sp³-hybridized carbons (Fsp3) is 1.00. The molecule has 0 radical (unpaired) electrons. The van der Waals surface area contributed by atoms with E-state index in [4.69, 9.17) is 5.84 Å². The quantitative estimate of drug-likeness (QED) is 0.380. The molecule has 0 aromatic rings. The second-order valence-corrected chi connectivity index (χ2v) is 2.18. The molecular weight excluding hydrogens is 104 g/mol. The molecule has 0 aliphatic rings. The summed E-state index contributed by atoms with van der Waals surface area (Å²) in [6.45, 7) is 4.59. The fourth-order valence-corrected chi connectivity index (χ4v) is 0.488. The van der Waals surface area contributed by atoms with Gasteiger partial charge in [-0.1, -0.05) is 13.8 Å². The lowest BCUT2D eigenvalue weighted by atomic mass is 10.1. The Hall–Kier alpha value is -0.120. The summed E-state index contributed by atoms with van der Waals surface area (Å²) in [6, 6.07) is 0. The minimum atomic E-state index is -0.195. The van der Waals surface area contributed by atoms with Gasteiger partial charge in [0, 0.05) is 5.92 Å². The Kier molecular flexibility index (Phi) is 3.77. The number of rotatable bonds is 3. The second kappa shape index (κ2) is 3.83. The molecule has 3 N–H and O–H groups in total. The lowest BCUT2D eigenvalue weighted by Gasteiger charge is -2.17. The average Bonchev–Trinajstić information content (AvgIpc) is 1.65. The fourth-order valence-electron chi connectivity index (χ4n) is 0.488. The molecule has 0 aromatic carbocycles. The summed E-state index contributed by atoms with van der Waals surface area (Å²) in [5.74, 6) is 5.38. The zero-order chi connectivity index (χ0) is 6.57. The standard InChI is InChI=1S/C5H14N2O/c1-3-5(2)4-7(6)8/h5,7H,3-4,6H2,1-2H3. The van der Waals surface area contributed by atoms with Gasteiger partial charge in [0.25, 0.3) is 0 Å². The van der Waals surface area contributed by atoms with Gasteiger partial charge in [0.15, 0.2) is 0 Å². The van der Waals surface area contributed by atoms with Gasteiger partial charge in [0.1, 0.15) is 0 Å². The number of nitrogens with two attached hydrogens (primary N) is 1. The number of quaternary nitrogens is 1. The minimum Gasteiger partial charge on any atom is -0.613 e. The highest BCUT2D eigenvalue weighted by Gasteiger charge is 1.99. The number of hydroxylamine groups is 1. The van der Waals surface area contributed by atoms with Gasteiger partial charge in [-0.3, -0.25) is 5.17 Å². The first-order valence-corrected chi connectivity index (χ1v) is 2.95. The molecule has 0 aliphatic carbocycles. The Labute approximate surface area is 50.0 Å². The van der Waals surface area contributed by atoms with Crippen LogP contribution in [0.3, 0.4) is 0 Å². The Morgan fingerprint density at radius 1 is 1.75 bits per heavy atom. The molecule has 0 saturated carbocycles.